The number of morpholine rings is 1. The molecule has 1 saturated heterocycles. The minimum Gasteiger partial charge on any atom is -0.379 e. The number of aromatic nitrogens is 1. The van der Waals surface area contributed by atoms with Crippen LogP contribution in [0.2, 0.25) is 0 Å². The number of ether oxygens (including phenoxy) is 1. The minimum absolute atomic E-state index is 0.192. The highest BCUT2D eigenvalue weighted by molar-refractivity contribution is 5.10. The van der Waals surface area contributed by atoms with E-state index in [0.717, 1.165) is 45.9 Å². The van der Waals surface area contributed by atoms with E-state index in [1.807, 2.05) is 0 Å². The molecule has 4 nitrogen and oxygen atoms in total. The Hall–Kier alpha value is -0.840. The van der Waals surface area contributed by atoms with Crippen molar-refractivity contribution in [3.63, 3.8) is 0 Å². The summed E-state index contributed by atoms with van der Waals surface area (Å²) >= 11 is 0. The fourth-order valence-corrected chi connectivity index (χ4v) is 2.59. The number of nitrogens with zero attached hydrogens (tertiary/aromatic N) is 2. The Bertz CT molecular complexity index is 380. The van der Waals surface area contributed by atoms with E-state index in [2.05, 4.69) is 54.0 Å². The lowest BCUT2D eigenvalue weighted by atomic mass is 10.0. The summed E-state index contributed by atoms with van der Waals surface area (Å²) in [5, 5.41) is 3.58. The van der Waals surface area contributed by atoms with E-state index in [1.165, 1.54) is 5.56 Å². The second-order valence-electron chi connectivity index (χ2n) is 5.87. The molecule has 1 aliphatic heterocycles. The Balaban J connectivity index is 1.77. The molecule has 0 saturated carbocycles. The van der Waals surface area contributed by atoms with Gasteiger partial charge in [-0.3, -0.25) is 4.90 Å². The van der Waals surface area contributed by atoms with Crippen LogP contribution in [0.15, 0.2) is 18.5 Å². The maximum Gasteiger partial charge on any atom is 0.0594 e. The SMILES string of the molecule is CCn1ccc(CNCC(C)(C)N2CCOCC2)c1. The highest BCUT2D eigenvalue weighted by Gasteiger charge is 2.27. The fourth-order valence-electron chi connectivity index (χ4n) is 2.59. The molecule has 1 aromatic heterocycles. The van der Waals surface area contributed by atoms with E-state index in [1.54, 1.807) is 0 Å². The van der Waals surface area contributed by atoms with Crippen LogP contribution in [0.3, 0.4) is 0 Å². The van der Waals surface area contributed by atoms with Gasteiger partial charge in [-0.15, -0.1) is 0 Å². The van der Waals surface area contributed by atoms with Crippen molar-refractivity contribution in [2.24, 2.45) is 0 Å². The van der Waals surface area contributed by atoms with Crippen LogP contribution >= 0.6 is 0 Å². The fraction of sp³-hybridized carbons (Fsp3) is 0.733. The van der Waals surface area contributed by atoms with Crippen molar-refractivity contribution in [2.45, 2.75) is 39.4 Å². The summed E-state index contributed by atoms with van der Waals surface area (Å²) < 4.78 is 7.63. The van der Waals surface area contributed by atoms with Crippen molar-refractivity contribution in [3.05, 3.63) is 24.0 Å². The third-order valence-corrected chi connectivity index (χ3v) is 3.93. The highest BCUT2D eigenvalue weighted by Crippen LogP contribution is 2.15. The number of aryl methyl sites for hydroxylation is 1. The smallest absolute Gasteiger partial charge is 0.0594 e. The number of hydrogen-bond donors (Lipinski definition) is 1. The van der Waals surface area contributed by atoms with E-state index >= 15 is 0 Å². The van der Waals surface area contributed by atoms with E-state index in [9.17, 15) is 0 Å². The predicted molar refractivity (Wildman–Crippen MR) is 78.3 cm³/mol. The first-order valence-corrected chi connectivity index (χ1v) is 7.30. The summed E-state index contributed by atoms with van der Waals surface area (Å²) in [7, 11) is 0. The lowest BCUT2D eigenvalue weighted by Crippen LogP contribution is -2.54. The van der Waals surface area contributed by atoms with Gasteiger partial charge in [-0.1, -0.05) is 0 Å². The van der Waals surface area contributed by atoms with Crippen molar-refractivity contribution < 1.29 is 4.74 Å². The molecule has 19 heavy (non-hydrogen) atoms. The van der Waals surface area contributed by atoms with Gasteiger partial charge in [-0.25, -0.2) is 0 Å². The van der Waals surface area contributed by atoms with Crippen molar-refractivity contribution >= 4 is 0 Å². The minimum atomic E-state index is 0.192. The molecule has 0 spiro atoms. The maximum absolute atomic E-state index is 5.42. The van der Waals surface area contributed by atoms with Gasteiger partial charge in [0, 0.05) is 50.7 Å². The number of rotatable bonds is 6. The summed E-state index contributed by atoms with van der Waals surface area (Å²) in [6.07, 6.45) is 4.36. The van der Waals surface area contributed by atoms with Crippen LogP contribution in [0.5, 0.6) is 0 Å². The van der Waals surface area contributed by atoms with Gasteiger partial charge < -0.3 is 14.6 Å². The molecule has 0 aliphatic carbocycles. The maximum atomic E-state index is 5.42. The Morgan fingerprint density at radius 1 is 1.32 bits per heavy atom. The molecule has 0 atom stereocenters. The summed E-state index contributed by atoms with van der Waals surface area (Å²) in [6.45, 7) is 13.6. The van der Waals surface area contributed by atoms with Crippen LogP contribution in [0.4, 0.5) is 0 Å². The summed E-state index contributed by atoms with van der Waals surface area (Å²) in [5.41, 5.74) is 1.55. The number of hydrogen-bond acceptors (Lipinski definition) is 3. The largest absolute Gasteiger partial charge is 0.379 e. The molecule has 0 aromatic carbocycles. The topological polar surface area (TPSA) is 29.4 Å². The second kappa shape index (κ2) is 6.55. The molecule has 0 amide bonds. The van der Waals surface area contributed by atoms with Crippen LogP contribution < -0.4 is 5.32 Å². The Morgan fingerprint density at radius 2 is 2.05 bits per heavy atom. The molecule has 4 heteroatoms. The molecule has 1 N–H and O–H groups in total. The Labute approximate surface area is 116 Å². The summed E-state index contributed by atoms with van der Waals surface area (Å²) in [6, 6.07) is 2.19. The zero-order chi connectivity index (χ0) is 13.7. The summed E-state index contributed by atoms with van der Waals surface area (Å²) in [4.78, 5) is 2.51. The lowest BCUT2D eigenvalue weighted by Gasteiger charge is -2.41. The zero-order valence-electron chi connectivity index (χ0n) is 12.5. The Kier molecular flexibility index (Phi) is 5.02. The molecule has 108 valence electrons. The second-order valence-corrected chi connectivity index (χ2v) is 5.87. The van der Waals surface area contributed by atoms with Gasteiger partial charge in [0.2, 0.25) is 0 Å². The van der Waals surface area contributed by atoms with Crippen LogP contribution in [0.25, 0.3) is 0 Å². The summed E-state index contributed by atoms with van der Waals surface area (Å²) in [5.74, 6) is 0. The van der Waals surface area contributed by atoms with E-state index in [0.29, 0.717) is 0 Å². The van der Waals surface area contributed by atoms with E-state index in [-0.39, 0.29) is 5.54 Å². The van der Waals surface area contributed by atoms with Crippen LogP contribution in [0, 0.1) is 0 Å². The first-order valence-electron chi connectivity index (χ1n) is 7.30. The molecule has 0 unspecified atom stereocenters. The first-order chi connectivity index (χ1) is 9.12. The third-order valence-electron chi connectivity index (χ3n) is 3.93. The molecule has 0 bridgehead atoms. The van der Waals surface area contributed by atoms with Gasteiger partial charge in [-0.05, 0) is 32.4 Å². The average molecular weight is 265 g/mol. The predicted octanol–water partition coefficient (Wildman–Crippen LogP) is 1.71. The van der Waals surface area contributed by atoms with E-state index < -0.39 is 0 Å². The van der Waals surface area contributed by atoms with Crippen molar-refractivity contribution in [1.29, 1.82) is 0 Å². The highest BCUT2D eigenvalue weighted by atomic mass is 16.5. The van der Waals surface area contributed by atoms with Crippen molar-refractivity contribution in [2.75, 3.05) is 32.8 Å². The van der Waals surface area contributed by atoms with Gasteiger partial charge in [0.05, 0.1) is 13.2 Å². The van der Waals surface area contributed by atoms with Crippen LogP contribution in [0.1, 0.15) is 26.3 Å². The monoisotopic (exact) mass is 265 g/mol. The molecule has 1 aliphatic rings. The average Bonchev–Trinajstić information content (AvgIpc) is 2.87. The quantitative estimate of drug-likeness (QED) is 0.849. The molecule has 2 heterocycles. The van der Waals surface area contributed by atoms with Gasteiger partial charge in [0.25, 0.3) is 0 Å². The van der Waals surface area contributed by atoms with Gasteiger partial charge in [0.1, 0.15) is 0 Å². The molecule has 0 radical (unpaired) electrons. The third kappa shape index (κ3) is 4.06. The number of nitrogens with one attached hydrogen (secondary N) is 1. The standard InChI is InChI=1S/C15H27N3O/c1-4-17-6-5-14(12-17)11-16-13-15(2,3)18-7-9-19-10-8-18/h5-6,12,16H,4,7-11,13H2,1-3H3. The molecule has 2 rings (SSSR count). The van der Waals surface area contributed by atoms with Crippen molar-refractivity contribution in [3.8, 4) is 0 Å². The molecular formula is C15H27N3O. The zero-order valence-corrected chi connectivity index (χ0v) is 12.5. The van der Waals surface area contributed by atoms with Crippen LogP contribution in [-0.2, 0) is 17.8 Å². The normalized spacial score (nSPS) is 17.8. The van der Waals surface area contributed by atoms with Gasteiger partial charge >= 0.3 is 0 Å². The molecule has 1 fully saturated rings. The van der Waals surface area contributed by atoms with Crippen LogP contribution in [-0.4, -0.2) is 47.9 Å². The molecule has 1 aromatic rings. The molecular weight excluding hydrogens is 238 g/mol. The van der Waals surface area contributed by atoms with E-state index in [4.69, 9.17) is 4.74 Å². The van der Waals surface area contributed by atoms with Crippen molar-refractivity contribution in [1.82, 2.24) is 14.8 Å². The first kappa shape index (κ1) is 14.6. The Morgan fingerprint density at radius 3 is 2.68 bits per heavy atom. The van der Waals surface area contributed by atoms with Gasteiger partial charge in [0.15, 0.2) is 0 Å². The van der Waals surface area contributed by atoms with Gasteiger partial charge in [-0.2, -0.15) is 0 Å². The lowest BCUT2D eigenvalue weighted by molar-refractivity contribution is -0.00966.